The van der Waals surface area contributed by atoms with Gasteiger partial charge in [0.2, 0.25) is 11.8 Å². The first kappa shape index (κ1) is 14.5. The number of carbonyl (C=O) groups is 2. The number of nitrogens with zero attached hydrogens (tertiary/aromatic N) is 2. The Morgan fingerprint density at radius 3 is 2.58 bits per heavy atom. The molecular weight excluding hydrogens is 242 g/mol. The van der Waals surface area contributed by atoms with E-state index in [0.717, 1.165) is 26.1 Å². The van der Waals surface area contributed by atoms with E-state index in [2.05, 4.69) is 17.3 Å². The third-order valence-corrected chi connectivity index (χ3v) is 4.18. The zero-order valence-electron chi connectivity index (χ0n) is 12.0. The van der Waals surface area contributed by atoms with E-state index in [1.165, 1.54) is 17.7 Å². The molecule has 0 aliphatic carbocycles. The lowest BCUT2D eigenvalue weighted by Crippen LogP contribution is -2.42. The summed E-state index contributed by atoms with van der Waals surface area (Å²) < 4.78 is 0. The zero-order valence-corrected chi connectivity index (χ0v) is 12.0. The van der Waals surface area contributed by atoms with Gasteiger partial charge in [0, 0.05) is 6.54 Å². The first-order valence-electron chi connectivity index (χ1n) is 7.38. The second kappa shape index (κ2) is 6.48. The second-order valence-corrected chi connectivity index (χ2v) is 5.80. The van der Waals surface area contributed by atoms with Crippen LogP contribution in [0.5, 0.6) is 0 Å². The van der Waals surface area contributed by atoms with Gasteiger partial charge in [-0.3, -0.25) is 14.5 Å². The topological polar surface area (TPSA) is 52.7 Å². The third kappa shape index (κ3) is 3.54. The van der Waals surface area contributed by atoms with Gasteiger partial charge >= 0.3 is 0 Å². The van der Waals surface area contributed by atoms with Crippen molar-refractivity contribution in [3.8, 4) is 0 Å². The summed E-state index contributed by atoms with van der Waals surface area (Å²) in [5.41, 5.74) is 0. The van der Waals surface area contributed by atoms with Crippen LogP contribution in [0.3, 0.4) is 0 Å². The number of rotatable bonds is 5. The van der Waals surface area contributed by atoms with E-state index in [1.807, 2.05) is 6.92 Å². The Kier molecular flexibility index (Phi) is 4.93. The highest BCUT2D eigenvalue weighted by molar-refractivity contribution is 6.05. The average molecular weight is 267 g/mol. The molecule has 0 radical (unpaired) electrons. The van der Waals surface area contributed by atoms with Crippen LogP contribution in [-0.2, 0) is 9.59 Å². The predicted octanol–water partition coefficient (Wildman–Crippen LogP) is 0.455. The van der Waals surface area contributed by atoms with Crippen molar-refractivity contribution in [1.29, 1.82) is 0 Å². The van der Waals surface area contributed by atoms with Gasteiger partial charge in [-0.05, 0) is 51.9 Å². The fourth-order valence-corrected chi connectivity index (χ4v) is 2.88. The van der Waals surface area contributed by atoms with Crippen molar-refractivity contribution in [3.05, 3.63) is 0 Å². The van der Waals surface area contributed by atoms with Gasteiger partial charge in [-0.1, -0.05) is 6.92 Å². The van der Waals surface area contributed by atoms with E-state index < -0.39 is 0 Å². The molecule has 108 valence electrons. The normalized spacial score (nSPS) is 26.4. The molecule has 0 bridgehead atoms. The van der Waals surface area contributed by atoms with Crippen molar-refractivity contribution in [3.63, 3.8) is 0 Å². The molecule has 1 unspecified atom stereocenters. The fourth-order valence-electron chi connectivity index (χ4n) is 2.88. The van der Waals surface area contributed by atoms with E-state index in [-0.39, 0.29) is 17.9 Å². The number of hydrogen-bond acceptors (Lipinski definition) is 4. The highest BCUT2D eigenvalue weighted by Crippen LogP contribution is 2.17. The molecule has 2 saturated heterocycles. The zero-order chi connectivity index (χ0) is 13.8. The van der Waals surface area contributed by atoms with Crippen molar-refractivity contribution in [2.45, 2.75) is 38.6 Å². The van der Waals surface area contributed by atoms with Crippen molar-refractivity contribution in [2.75, 3.05) is 33.2 Å². The Morgan fingerprint density at radius 2 is 1.95 bits per heavy atom. The maximum absolute atomic E-state index is 12.1. The average Bonchev–Trinajstić information content (AvgIpc) is 2.66. The molecule has 5 heteroatoms. The lowest BCUT2D eigenvalue weighted by molar-refractivity contribution is -0.138. The Hall–Kier alpha value is -0.940. The minimum atomic E-state index is -0.279. The Morgan fingerprint density at radius 1 is 1.26 bits per heavy atom. The molecule has 0 spiro atoms. The molecule has 1 atom stereocenters. The summed E-state index contributed by atoms with van der Waals surface area (Å²) in [6.07, 6.45) is 3.53. The summed E-state index contributed by atoms with van der Waals surface area (Å²) in [6, 6.07) is -0.279. The largest absolute Gasteiger partial charge is 0.306 e. The fraction of sp³-hybridized carbons (Fsp3) is 0.857. The van der Waals surface area contributed by atoms with Gasteiger partial charge in [-0.15, -0.1) is 0 Å². The van der Waals surface area contributed by atoms with Crippen LogP contribution in [0.2, 0.25) is 0 Å². The Bertz CT molecular complexity index is 338. The van der Waals surface area contributed by atoms with Crippen molar-refractivity contribution in [1.82, 2.24) is 15.1 Å². The SMILES string of the molecule is CCCN1C(=O)CC(NCC2CCN(C)CC2)C1=O. The van der Waals surface area contributed by atoms with Crippen LogP contribution in [0.15, 0.2) is 0 Å². The number of nitrogens with one attached hydrogen (secondary N) is 1. The number of carbonyl (C=O) groups excluding carboxylic acids is 2. The van der Waals surface area contributed by atoms with E-state index in [1.54, 1.807) is 0 Å². The standard InChI is InChI=1S/C14H25N3O2/c1-3-6-17-13(18)9-12(14(17)19)15-10-11-4-7-16(2)8-5-11/h11-12,15H,3-10H2,1-2H3. The summed E-state index contributed by atoms with van der Waals surface area (Å²) in [4.78, 5) is 27.5. The molecule has 0 saturated carbocycles. The van der Waals surface area contributed by atoms with Crippen LogP contribution < -0.4 is 5.32 Å². The molecule has 2 heterocycles. The lowest BCUT2D eigenvalue weighted by Gasteiger charge is -2.29. The van der Waals surface area contributed by atoms with Crippen molar-refractivity contribution < 1.29 is 9.59 Å². The van der Waals surface area contributed by atoms with Crippen LogP contribution in [0.25, 0.3) is 0 Å². The molecule has 5 nitrogen and oxygen atoms in total. The Labute approximate surface area is 115 Å². The molecule has 19 heavy (non-hydrogen) atoms. The molecule has 2 aliphatic rings. The second-order valence-electron chi connectivity index (χ2n) is 5.80. The van der Waals surface area contributed by atoms with E-state index >= 15 is 0 Å². The lowest BCUT2D eigenvalue weighted by atomic mass is 9.97. The van der Waals surface area contributed by atoms with Gasteiger partial charge < -0.3 is 10.2 Å². The molecule has 2 rings (SSSR count). The number of imide groups is 1. The first-order chi connectivity index (χ1) is 9.11. The van der Waals surface area contributed by atoms with Crippen LogP contribution in [0.4, 0.5) is 0 Å². The minimum absolute atomic E-state index is 0.0206. The highest BCUT2D eigenvalue weighted by Gasteiger charge is 2.37. The molecule has 2 amide bonds. The molecule has 1 N–H and O–H groups in total. The summed E-state index contributed by atoms with van der Waals surface area (Å²) in [5.74, 6) is 0.590. The first-order valence-corrected chi connectivity index (χ1v) is 7.38. The van der Waals surface area contributed by atoms with E-state index in [4.69, 9.17) is 0 Å². The van der Waals surface area contributed by atoms with Crippen molar-refractivity contribution in [2.24, 2.45) is 5.92 Å². The van der Waals surface area contributed by atoms with Crippen LogP contribution in [0.1, 0.15) is 32.6 Å². The number of hydrogen-bond donors (Lipinski definition) is 1. The van der Waals surface area contributed by atoms with Crippen LogP contribution in [0, 0.1) is 5.92 Å². The summed E-state index contributed by atoms with van der Waals surface area (Å²) in [6.45, 7) is 5.67. The molecule has 2 aliphatic heterocycles. The third-order valence-electron chi connectivity index (χ3n) is 4.18. The molecule has 2 fully saturated rings. The highest BCUT2D eigenvalue weighted by atomic mass is 16.2. The summed E-state index contributed by atoms with van der Waals surface area (Å²) >= 11 is 0. The van der Waals surface area contributed by atoms with E-state index in [0.29, 0.717) is 18.9 Å². The van der Waals surface area contributed by atoms with Gasteiger partial charge in [-0.2, -0.15) is 0 Å². The van der Waals surface area contributed by atoms with Gasteiger partial charge in [0.15, 0.2) is 0 Å². The van der Waals surface area contributed by atoms with E-state index in [9.17, 15) is 9.59 Å². The maximum atomic E-state index is 12.1. The van der Waals surface area contributed by atoms with Gasteiger partial charge in [0.05, 0.1) is 12.5 Å². The monoisotopic (exact) mass is 267 g/mol. The maximum Gasteiger partial charge on any atom is 0.246 e. The van der Waals surface area contributed by atoms with Gasteiger partial charge in [0.1, 0.15) is 0 Å². The smallest absolute Gasteiger partial charge is 0.246 e. The number of piperidine rings is 1. The number of amides is 2. The number of likely N-dealkylation sites (tertiary alicyclic amines) is 2. The molecule has 0 aromatic heterocycles. The molecule has 0 aromatic carbocycles. The summed E-state index contributed by atoms with van der Waals surface area (Å²) in [5, 5.41) is 3.30. The van der Waals surface area contributed by atoms with Crippen molar-refractivity contribution >= 4 is 11.8 Å². The Balaban J connectivity index is 1.77. The summed E-state index contributed by atoms with van der Waals surface area (Å²) in [7, 11) is 2.14. The van der Waals surface area contributed by atoms with Gasteiger partial charge in [0.25, 0.3) is 0 Å². The minimum Gasteiger partial charge on any atom is -0.306 e. The predicted molar refractivity (Wildman–Crippen MR) is 73.6 cm³/mol. The van der Waals surface area contributed by atoms with Crippen LogP contribution in [-0.4, -0.2) is 60.9 Å². The molecular formula is C14H25N3O2. The molecule has 0 aromatic rings. The van der Waals surface area contributed by atoms with Crippen LogP contribution >= 0.6 is 0 Å². The van der Waals surface area contributed by atoms with Gasteiger partial charge in [-0.25, -0.2) is 0 Å². The quantitative estimate of drug-likeness (QED) is 0.735.